The van der Waals surface area contributed by atoms with Gasteiger partial charge in [-0.2, -0.15) is 4.98 Å². The van der Waals surface area contributed by atoms with E-state index in [-0.39, 0.29) is 27.8 Å². The van der Waals surface area contributed by atoms with Gasteiger partial charge in [-0.1, -0.05) is 23.7 Å². The number of hydrogen-bond acceptors (Lipinski definition) is 10. The van der Waals surface area contributed by atoms with Gasteiger partial charge in [0.2, 0.25) is 5.95 Å². The smallest absolute Gasteiger partial charge is 0.229 e. The van der Waals surface area contributed by atoms with Crippen LogP contribution in [0.15, 0.2) is 53.6 Å². The summed E-state index contributed by atoms with van der Waals surface area (Å²) in [5.74, 6) is 0.773. The molecular weight excluding hydrogens is 566 g/mol. The lowest BCUT2D eigenvalue weighted by Crippen LogP contribution is -2.45. The number of para-hydroxylation sites is 1. The highest BCUT2D eigenvalue weighted by atomic mass is 35.5. The summed E-state index contributed by atoms with van der Waals surface area (Å²) < 4.78 is 43.8. The number of anilines is 5. The van der Waals surface area contributed by atoms with Gasteiger partial charge in [0.05, 0.1) is 47.0 Å². The molecule has 2 aliphatic rings. The van der Waals surface area contributed by atoms with Gasteiger partial charge >= 0.3 is 0 Å². The predicted octanol–water partition coefficient (Wildman–Crippen LogP) is 5.93. The number of sulfone groups is 1. The number of benzene rings is 2. The molecule has 3 heterocycles. The van der Waals surface area contributed by atoms with E-state index in [1.165, 1.54) is 6.20 Å². The van der Waals surface area contributed by atoms with Crippen molar-refractivity contribution in [3.05, 3.63) is 53.7 Å². The van der Waals surface area contributed by atoms with Crippen LogP contribution in [0.1, 0.15) is 40.5 Å². The van der Waals surface area contributed by atoms with Gasteiger partial charge in [-0.25, -0.2) is 13.4 Å². The minimum Gasteiger partial charge on any atom is -0.489 e. The van der Waals surface area contributed by atoms with Gasteiger partial charge in [0.15, 0.2) is 21.4 Å². The van der Waals surface area contributed by atoms with Gasteiger partial charge in [-0.3, -0.25) is 0 Å². The standard InChI is InChI=1S/C29H36ClN5O5S/c1-19(2)40-25-17-21(35-13-11-29(12-14-35)38-15-16-39-29)9-10-23(25)33-28-31-18-22(30)27(34-28)32-24-7-5-6-8-26(24)41(36,37)20(3)4/h5-10,17-20H,11-16H2,1-4H3,(H2,31,32,33,34). The van der Waals surface area contributed by atoms with Crippen LogP contribution in [0.3, 0.4) is 0 Å². The number of rotatable bonds is 9. The van der Waals surface area contributed by atoms with E-state index in [2.05, 4.69) is 25.5 Å². The quantitative estimate of drug-likeness (QED) is 0.306. The molecule has 0 bridgehead atoms. The highest BCUT2D eigenvalue weighted by Crippen LogP contribution is 2.37. The second-order valence-electron chi connectivity index (χ2n) is 10.7. The van der Waals surface area contributed by atoms with E-state index in [0.29, 0.717) is 30.3 Å². The van der Waals surface area contributed by atoms with E-state index >= 15 is 0 Å². The number of aromatic nitrogens is 2. The number of halogens is 1. The summed E-state index contributed by atoms with van der Waals surface area (Å²) in [6.45, 7) is 10.2. The molecule has 2 N–H and O–H groups in total. The molecule has 12 heteroatoms. The Morgan fingerprint density at radius 3 is 2.39 bits per heavy atom. The van der Waals surface area contributed by atoms with E-state index in [1.54, 1.807) is 38.1 Å². The first-order valence-corrected chi connectivity index (χ1v) is 15.7. The van der Waals surface area contributed by atoms with Crippen molar-refractivity contribution < 1.29 is 22.6 Å². The van der Waals surface area contributed by atoms with Gasteiger partial charge in [0.1, 0.15) is 10.8 Å². The summed E-state index contributed by atoms with van der Waals surface area (Å²) in [6.07, 6.45) is 3.03. The Kier molecular flexibility index (Phi) is 8.60. The van der Waals surface area contributed by atoms with Crippen molar-refractivity contribution in [3.63, 3.8) is 0 Å². The monoisotopic (exact) mass is 601 g/mol. The maximum absolute atomic E-state index is 12.9. The fraction of sp³-hybridized carbons (Fsp3) is 0.448. The van der Waals surface area contributed by atoms with E-state index in [9.17, 15) is 8.42 Å². The molecule has 5 rings (SSSR count). The number of ether oxygens (including phenoxy) is 3. The Balaban J connectivity index is 1.38. The van der Waals surface area contributed by atoms with E-state index in [0.717, 1.165) is 31.6 Å². The molecule has 220 valence electrons. The molecular formula is C29H36ClN5O5S. The third-order valence-corrected chi connectivity index (χ3v) is 9.58. The molecule has 1 aromatic heterocycles. The molecule has 3 aromatic rings. The van der Waals surface area contributed by atoms with Crippen molar-refractivity contribution >= 4 is 50.3 Å². The first-order chi connectivity index (χ1) is 19.6. The van der Waals surface area contributed by atoms with Gasteiger partial charge in [-0.05, 0) is 52.0 Å². The minimum absolute atomic E-state index is 0.0570. The van der Waals surface area contributed by atoms with Crippen molar-refractivity contribution in [1.29, 1.82) is 0 Å². The van der Waals surface area contributed by atoms with Crippen LogP contribution in [0.2, 0.25) is 5.02 Å². The molecule has 2 aliphatic heterocycles. The topological polar surface area (TPSA) is 115 Å². The maximum atomic E-state index is 12.9. The zero-order chi connectivity index (χ0) is 29.2. The van der Waals surface area contributed by atoms with Crippen LogP contribution in [-0.4, -0.2) is 61.8 Å². The van der Waals surface area contributed by atoms with Crippen LogP contribution in [0.4, 0.5) is 28.8 Å². The third-order valence-electron chi connectivity index (χ3n) is 7.09. The first-order valence-electron chi connectivity index (χ1n) is 13.8. The Morgan fingerprint density at radius 1 is 1.00 bits per heavy atom. The fourth-order valence-corrected chi connectivity index (χ4v) is 6.23. The molecule has 0 aliphatic carbocycles. The van der Waals surface area contributed by atoms with Gasteiger partial charge in [0.25, 0.3) is 0 Å². The highest BCUT2D eigenvalue weighted by Gasteiger charge is 2.40. The maximum Gasteiger partial charge on any atom is 0.229 e. The van der Waals surface area contributed by atoms with E-state index in [4.69, 9.17) is 25.8 Å². The predicted molar refractivity (Wildman–Crippen MR) is 161 cm³/mol. The van der Waals surface area contributed by atoms with E-state index in [1.807, 2.05) is 32.0 Å². The second-order valence-corrected chi connectivity index (χ2v) is 13.6. The molecule has 1 spiro atoms. The van der Waals surface area contributed by atoms with Crippen molar-refractivity contribution in [2.75, 3.05) is 41.8 Å². The van der Waals surface area contributed by atoms with Gasteiger partial charge in [-0.15, -0.1) is 0 Å². The molecule has 2 saturated heterocycles. The van der Waals surface area contributed by atoms with Crippen molar-refractivity contribution in [3.8, 4) is 5.75 Å². The summed E-state index contributed by atoms with van der Waals surface area (Å²) in [5.41, 5.74) is 2.12. The lowest BCUT2D eigenvalue weighted by Gasteiger charge is -2.38. The fourth-order valence-electron chi connectivity index (χ4n) is 4.89. The van der Waals surface area contributed by atoms with Crippen molar-refractivity contribution in [1.82, 2.24) is 9.97 Å². The minimum atomic E-state index is -3.54. The molecule has 2 aromatic carbocycles. The highest BCUT2D eigenvalue weighted by molar-refractivity contribution is 7.92. The molecule has 2 fully saturated rings. The van der Waals surface area contributed by atoms with Gasteiger partial charge < -0.3 is 29.7 Å². The van der Waals surface area contributed by atoms with Crippen LogP contribution >= 0.6 is 11.6 Å². The van der Waals surface area contributed by atoms with Crippen LogP contribution in [0.25, 0.3) is 0 Å². The molecule has 0 saturated carbocycles. The Bertz CT molecular complexity index is 1480. The molecule has 0 atom stereocenters. The summed E-state index contributed by atoms with van der Waals surface area (Å²) in [5, 5.41) is 6.00. The van der Waals surface area contributed by atoms with E-state index < -0.39 is 20.9 Å². The van der Waals surface area contributed by atoms with Crippen LogP contribution in [0.5, 0.6) is 5.75 Å². The number of hydrogen-bond donors (Lipinski definition) is 2. The van der Waals surface area contributed by atoms with Crippen LogP contribution < -0.4 is 20.3 Å². The first kappa shape index (κ1) is 29.4. The SMILES string of the molecule is CC(C)Oc1cc(N2CCC3(CC2)OCCO3)ccc1Nc1ncc(Cl)c(Nc2ccccc2S(=O)(=O)C(C)C)n1. The zero-order valence-electron chi connectivity index (χ0n) is 23.7. The van der Waals surface area contributed by atoms with Crippen LogP contribution in [-0.2, 0) is 19.3 Å². The zero-order valence-corrected chi connectivity index (χ0v) is 25.3. The number of nitrogens with zero attached hydrogens (tertiary/aromatic N) is 3. The van der Waals surface area contributed by atoms with Crippen LogP contribution in [0, 0.1) is 0 Å². The average molecular weight is 602 g/mol. The Morgan fingerprint density at radius 2 is 1.71 bits per heavy atom. The Labute approximate surface area is 246 Å². The summed E-state index contributed by atoms with van der Waals surface area (Å²) in [7, 11) is -3.54. The normalized spacial score (nSPS) is 16.9. The summed E-state index contributed by atoms with van der Waals surface area (Å²) >= 11 is 6.42. The third kappa shape index (κ3) is 6.53. The number of nitrogens with one attached hydrogen (secondary N) is 2. The molecule has 0 unspecified atom stereocenters. The second kappa shape index (κ2) is 12.0. The number of piperidine rings is 1. The summed E-state index contributed by atoms with van der Waals surface area (Å²) in [4.78, 5) is 11.4. The Hall–Kier alpha value is -3.12. The largest absolute Gasteiger partial charge is 0.489 e. The van der Waals surface area contributed by atoms with Gasteiger partial charge in [0, 0.05) is 37.7 Å². The molecule has 0 amide bonds. The van der Waals surface area contributed by atoms with Crippen molar-refractivity contribution in [2.45, 2.75) is 62.6 Å². The lowest BCUT2D eigenvalue weighted by atomic mass is 10.0. The molecule has 0 radical (unpaired) electrons. The molecule has 10 nitrogen and oxygen atoms in total. The summed E-state index contributed by atoms with van der Waals surface area (Å²) in [6, 6.07) is 12.7. The molecule has 41 heavy (non-hydrogen) atoms. The lowest BCUT2D eigenvalue weighted by molar-refractivity contribution is -0.169. The van der Waals surface area contributed by atoms with Crippen molar-refractivity contribution in [2.24, 2.45) is 0 Å². The average Bonchev–Trinajstić information content (AvgIpc) is 3.39.